The summed E-state index contributed by atoms with van der Waals surface area (Å²) in [7, 11) is 0. The second-order valence-corrected chi connectivity index (χ2v) is 7.16. The number of nitro benzene ring substituents is 1. The molecule has 26 heavy (non-hydrogen) atoms. The normalized spacial score (nSPS) is 17.2. The van der Waals surface area contributed by atoms with Crippen molar-refractivity contribution < 1.29 is 9.66 Å². The molecular weight excluding hydrogens is 352 g/mol. The summed E-state index contributed by atoms with van der Waals surface area (Å²) in [6.45, 7) is 3.60. The third-order valence-electron chi connectivity index (χ3n) is 4.16. The molecule has 1 saturated heterocycles. The number of hydrogen-bond acceptors (Lipinski definition) is 5. The highest BCUT2D eigenvalue weighted by Crippen LogP contribution is 2.13. The zero-order chi connectivity index (χ0) is 18.2. The molecule has 0 aliphatic carbocycles. The largest absolute Gasteiger partial charge is 0.381 e. The molecule has 7 nitrogen and oxygen atoms in total. The molecule has 0 radical (unpaired) electrons. The van der Waals surface area contributed by atoms with E-state index in [2.05, 4.69) is 21.7 Å². The molecule has 1 unspecified atom stereocenters. The number of nitrogens with one attached hydrogen (secondary N) is 2. The first kappa shape index (κ1) is 18.3. The Morgan fingerprint density at radius 1 is 1.31 bits per heavy atom. The summed E-state index contributed by atoms with van der Waals surface area (Å²) in [5.41, 5.74) is 1.02. The first-order valence-corrected chi connectivity index (χ1v) is 9.44. The molecular formula is C18H22N4O3S. The monoisotopic (exact) mass is 374 g/mol. The van der Waals surface area contributed by atoms with Crippen molar-refractivity contribution in [3.05, 3.63) is 62.3 Å². The predicted octanol–water partition coefficient (Wildman–Crippen LogP) is 2.93. The average Bonchev–Trinajstić information content (AvgIpc) is 3.35. The first-order valence-electron chi connectivity index (χ1n) is 8.56. The van der Waals surface area contributed by atoms with Crippen LogP contribution in [0.4, 0.5) is 5.69 Å². The van der Waals surface area contributed by atoms with E-state index in [0.717, 1.165) is 37.7 Å². The highest BCUT2D eigenvalue weighted by atomic mass is 32.1. The Morgan fingerprint density at radius 2 is 2.15 bits per heavy atom. The smallest absolute Gasteiger partial charge is 0.269 e. The fraction of sp³-hybridized carbons (Fsp3) is 0.389. The third-order valence-corrected chi connectivity index (χ3v) is 5.04. The van der Waals surface area contributed by atoms with E-state index >= 15 is 0 Å². The van der Waals surface area contributed by atoms with Gasteiger partial charge in [0, 0.05) is 36.1 Å². The van der Waals surface area contributed by atoms with Crippen LogP contribution in [0.25, 0.3) is 0 Å². The predicted molar refractivity (Wildman–Crippen MR) is 102 cm³/mol. The van der Waals surface area contributed by atoms with Gasteiger partial charge in [0.1, 0.15) is 0 Å². The molecule has 2 heterocycles. The van der Waals surface area contributed by atoms with Gasteiger partial charge in [-0.2, -0.15) is 0 Å². The quantitative estimate of drug-likeness (QED) is 0.337. The first-order chi connectivity index (χ1) is 12.7. The van der Waals surface area contributed by atoms with Crippen LogP contribution in [0.1, 0.15) is 16.9 Å². The van der Waals surface area contributed by atoms with E-state index in [0.29, 0.717) is 19.0 Å². The SMILES string of the molecule is O=[N+]([O-])c1ccc(CN=C(NCc2cccs2)NCC2CCOC2)cc1. The van der Waals surface area contributed by atoms with Crippen LogP contribution in [-0.4, -0.2) is 30.6 Å². The van der Waals surface area contributed by atoms with Crippen molar-refractivity contribution in [1.82, 2.24) is 10.6 Å². The Kier molecular flexibility index (Phi) is 6.56. The Morgan fingerprint density at radius 3 is 2.81 bits per heavy atom. The molecule has 1 atom stereocenters. The fourth-order valence-corrected chi connectivity index (χ4v) is 3.28. The van der Waals surface area contributed by atoms with Gasteiger partial charge >= 0.3 is 0 Å². The van der Waals surface area contributed by atoms with Crippen LogP contribution in [0.3, 0.4) is 0 Å². The van der Waals surface area contributed by atoms with Crippen molar-refractivity contribution in [2.75, 3.05) is 19.8 Å². The highest BCUT2D eigenvalue weighted by Gasteiger charge is 2.15. The van der Waals surface area contributed by atoms with Crippen LogP contribution in [0.15, 0.2) is 46.8 Å². The standard InChI is InChI=1S/C18H22N4O3S/c23-22(24)16-5-3-14(4-6-16)10-19-18(20-11-15-7-8-25-13-15)21-12-17-2-1-9-26-17/h1-6,9,15H,7-8,10-13H2,(H2,19,20,21). The van der Waals surface area contributed by atoms with Crippen molar-refractivity contribution in [3.8, 4) is 0 Å². The molecule has 1 fully saturated rings. The number of guanidine groups is 1. The van der Waals surface area contributed by atoms with E-state index in [1.54, 1.807) is 23.5 Å². The number of aliphatic imine (C=N–C) groups is 1. The van der Waals surface area contributed by atoms with Gasteiger partial charge in [0.2, 0.25) is 0 Å². The minimum absolute atomic E-state index is 0.0909. The van der Waals surface area contributed by atoms with Crippen LogP contribution in [0.2, 0.25) is 0 Å². The summed E-state index contributed by atoms with van der Waals surface area (Å²) in [6, 6.07) is 10.6. The summed E-state index contributed by atoms with van der Waals surface area (Å²) in [4.78, 5) is 16.2. The molecule has 8 heteroatoms. The highest BCUT2D eigenvalue weighted by molar-refractivity contribution is 7.09. The number of thiophene rings is 1. The second kappa shape index (κ2) is 9.30. The number of hydrogen-bond donors (Lipinski definition) is 2. The lowest BCUT2D eigenvalue weighted by Crippen LogP contribution is -2.39. The lowest BCUT2D eigenvalue weighted by Gasteiger charge is -2.14. The molecule has 138 valence electrons. The fourth-order valence-electron chi connectivity index (χ4n) is 2.64. The van der Waals surface area contributed by atoms with Crippen molar-refractivity contribution in [2.24, 2.45) is 10.9 Å². The maximum Gasteiger partial charge on any atom is 0.269 e. The zero-order valence-electron chi connectivity index (χ0n) is 14.4. The third kappa shape index (κ3) is 5.53. The van der Waals surface area contributed by atoms with Crippen molar-refractivity contribution in [3.63, 3.8) is 0 Å². The number of benzene rings is 1. The van der Waals surface area contributed by atoms with Gasteiger partial charge in [0.05, 0.1) is 24.6 Å². The van der Waals surface area contributed by atoms with Gasteiger partial charge in [-0.1, -0.05) is 18.2 Å². The number of non-ortho nitro benzene ring substituents is 1. The Bertz CT molecular complexity index is 725. The molecule has 1 aromatic heterocycles. The lowest BCUT2D eigenvalue weighted by atomic mass is 10.1. The molecule has 0 saturated carbocycles. The van der Waals surface area contributed by atoms with Gasteiger partial charge in [-0.25, -0.2) is 4.99 Å². The maximum absolute atomic E-state index is 10.7. The maximum atomic E-state index is 10.7. The molecule has 1 aromatic carbocycles. The summed E-state index contributed by atoms with van der Waals surface area (Å²) in [6.07, 6.45) is 1.06. The molecule has 2 N–H and O–H groups in total. The van der Waals surface area contributed by atoms with Crippen molar-refractivity contribution in [2.45, 2.75) is 19.5 Å². The van der Waals surface area contributed by atoms with E-state index in [4.69, 9.17) is 4.74 Å². The van der Waals surface area contributed by atoms with E-state index in [-0.39, 0.29) is 5.69 Å². The Labute approximate surface area is 156 Å². The molecule has 0 bridgehead atoms. The lowest BCUT2D eigenvalue weighted by molar-refractivity contribution is -0.384. The van der Waals surface area contributed by atoms with E-state index < -0.39 is 4.92 Å². The molecule has 0 amide bonds. The minimum Gasteiger partial charge on any atom is -0.381 e. The van der Waals surface area contributed by atoms with Gasteiger partial charge in [-0.05, 0) is 23.4 Å². The van der Waals surface area contributed by atoms with Gasteiger partial charge < -0.3 is 15.4 Å². The summed E-state index contributed by atoms with van der Waals surface area (Å²) in [5.74, 6) is 1.24. The summed E-state index contributed by atoms with van der Waals surface area (Å²) in [5, 5.41) is 19.5. The van der Waals surface area contributed by atoms with E-state index in [9.17, 15) is 10.1 Å². The number of rotatable bonds is 7. The van der Waals surface area contributed by atoms with Gasteiger partial charge in [0.25, 0.3) is 5.69 Å². The van der Waals surface area contributed by atoms with E-state index in [1.807, 2.05) is 11.4 Å². The molecule has 2 aromatic rings. The zero-order valence-corrected chi connectivity index (χ0v) is 15.2. The summed E-state index contributed by atoms with van der Waals surface area (Å²) >= 11 is 1.70. The van der Waals surface area contributed by atoms with Crippen molar-refractivity contribution in [1.29, 1.82) is 0 Å². The van der Waals surface area contributed by atoms with Crippen LogP contribution in [0, 0.1) is 16.0 Å². The summed E-state index contributed by atoms with van der Waals surface area (Å²) < 4.78 is 5.41. The van der Waals surface area contributed by atoms with E-state index in [1.165, 1.54) is 17.0 Å². The topological polar surface area (TPSA) is 88.8 Å². The number of ether oxygens (including phenoxy) is 1. The average molecular weight is 374 g/mol. The number of nitro groups is 1. The molecule has 1 aliphatic heterocycles. The van der Waals surface area contributed by atoms with Gasteiger partial charge in [-0.3, -0.25) is 10.1 Å². The minimum atomic E-state index is -0.397. The molecule has 3 rings (SSSR count). The van der Waals surface area contributed by atoms with Crippen LogP contribution >= 0.6 is 11.3 Å². The Balaban J connectivity index is 1.59. The van der Waals surface area contributed by atoms with Crippen molar-refractivity contribution >= 4 is 23.0 Å². The molecule has 1 aliphatic rings. The van der Waals surface area contributed by atoms with Crippen LogP contribution in [-0.2, 0) is 17.8 Å². The number of nitrogens with zero attached hydrogens (tertiary/aromatic N) is 2. The Hall–Kier alpha value is -2.45. The molecule has 0 spiro atoms. The van der Waals surface area contributed by atoms with Crippen LogP contribution < -0.4 is 10.6 Å². The van der Waals surface area contributed by atoms with Crippen LogP contribution in [0.5, 0.6) is 0 Å². The van der Waals surface area contributed by atoms with Gasteiger partial charge in [0.15, 0.2) is 5.96 Å². The van der Waals surface area contributed by atoms with Gasteiger partial charge in [-0.15, -0.1) is 11.3 Å². The second-order valence-electron chi connectivity index (χ2n) is 6.13.